The molecule has 164 valence electrons. The Bertz CT molecular complexity index is 1060. The van der Waals surface area contributed by atoms with Gasteiger partial charge in [-0.1, -0.05) is 42.5 Å². The summed E-state index contributed by atoms with van der Waals surface area (Å²) in [6, 6.07) is 26.3. The van der Waals surface area contributed by atoms with Gasteiger partial charge in [-0.05, 0) is 42.0 Å². The number of fused-ring (bicyclic) bond motifs is 1. The molecule has 0 aliphatic carbocycles. The Hall–Kier alpha value is -3.51. The van der Waals surface area contributed by atoms with Gasteiger partial charge in [0.1, 0.15) is 6.17 Å². The van der Waals surface area contributed by atoms with Gasteiger partial charge in [0.25, 0.3) is 5.91 Å². The number of nitrogen functional groups attached to an aromatic ring is 1. The van der Waals surface area contributed by atoms with E-state index in [4.69, 9.17) is 5.73 Å². The average Bonchev–Trinajstić information content (AvgIpc) is 2.85. The summed E-state index contributed by atoms with van der Waals surface area (Å²) in [5, 5.41) is 3.19. The fraction of sp³-hybridized carbons (Fsp3) is 0.269. The number of amides is 1. The quantitative estimate of drug-likeness (QED) is 0.612. The van der Waals surface area contributed by atoms with E-state index in [-0.39, 0.29) is 12.1 Å². The van der Waals surface area contributed by atoms with Gasteiger partial charge in [-0.2, -0.15) is 0 Å². The largest absolute Gasteiger partial charge is 0.399 e. The first-order chi connectivity index (χ1) is 15.7. The predicted octanol–water partition coefficient (Wildman–Crippen LogP) is 3.34. The fourth-order valence-electron chi connectivity index (χ4n) is 4.64. The number of nitrogens with one attached hydrogen (secondary N) is 1. The number of nitrogens with two attached hydrogens (primary N) is 1. The zero-order valence-electron chi connectivity index (χ0n) is 18.2. The minimum Gasteiger partial charge on any atom is -0.399 e. The fourth-order valence-corrected chi connectivity index (χ4v) is 4.64. The van der Waals surface area contributed by atoms with Gasteiger partial charge in [0.05, 0.1) is 11.3 Å². The van der Waals surface area contributed by atoms with Crippen LogP contribution in [0.3, 0.4) is 0 Å². The second-order valence-electron chi connectivity index (χ2n) is 8.42. The first-order valence-corrected chi connectivity index (χ1v) is 11.2. The van der Waals surface area contributed by atoms with Crippen molar-refractivity contribution in [3.63, 3.8) is 0 Å². The molecule has 32 heavy (non-hydrogen) atoms. The van der Waals surface area contributed by atoms with E-state index in [0.29, 0.717) is 0 Å². The van der Waals surface area contributed by atoms with E-state index in [0.717, 1.165) is 61.8 Å². The van der Waals surface area contributed by atoms with Gasteiger partial charge in [-0.3, -0.25) is 9.69 Å². The van der Waals surface area contributed by atoms with Gasteiger partial charge >= 0.3 is 0 Å². The molecule has 3 aromatic rings. The normalized spacial score (nSPS) is 18.9. The highest BCUT2D eigenvalue weighted by Gasteiger charge is 2.31. The molecule has 1 fully saturated rings. The first kappa shape index (κ1) is 20.4. The third kappa shape index (κ3) is 4.14. The number of carbonyl (C=O) groups excluding carboxylic acids is 1. The van der Waals surface area contributed by atoms with Crippen LogP contribution in [0.4, 0.5) is 17.1 Å². The highest BCUT2D eigenvalue weighted by molar-refractivity contribution is 6.02. The molecule has 2 heterocycles. The van der Waals surface area contributed by atoms with Crippen molar-refractivity contribution in [3.05, 3.63) is 90.0 Å². The van der Waals surface area contributed by atoms with E-state index >= 15 is 0 Å². The molecule has 3 aromatic carbocycles. The van der Waals surface area contributed by atoms with Crippen LogP contribution in [0.15, 0.2) is 78.9 Å². The molecule has 0 radical (unpaired) electrons. The highest BCUT2D eigenvalue weighted by atomic mass is 16.2. The van der Waals surface area contributed by atoms with Crippen molar-refractivity contribution in [2.45, 2.75) is 6.17 Å². The van der Waals surface area contributed by atoms with Crippen LogP contribution in [-0.4, -0.2) is 50.1 Å². The molecule has 2 aliphatic rings. The van der Waals surface area contributed by atoms with Gasteiger partial charge < -0.3 is 20.9 Å². The van der Waals surface area contributed by atoms with Crippen LogP contribution in [0, 0.1) is 0 Å². The Morgan fingerprint density at radius 3 is 2.25 bits per heavy atom. The van der Waals surface area contributed by atoms with Crippen LogP contribution in [0.25, 0.3) is 0 Å². The molecule has 2 aliphatic heterocycles. The summed E-state index contributed by atoms with van der Waals surface area (Å²) in [5.74, 6) is -0.0323. The highest BCUT2D eigenvalue weighted by Crippen LogP contribution is 2.33. The molecular formula is C26H29N5O. The second kappa shape index (κ2) is 8.93. The summed E-state index contributed by atoms with van der Waals surface area (Å²) in [5.41, 5.74) is 10.7. The third-order valence-corrected chi connectivity index (χ3v) is 6.44. The van der Waals surface area contributed by atoms with E-state index in [1.165, 1.54) is 5.69 Å². The maximum Gasteiger partial charge on any atom is 0.255 e. The molecule has 6 heteroatoms. The van der Waals surface area contributed by atoms with Crippen molar-refractivity contribution in [2.24, 2.45) is 0 Å². The van der Waals surface area contributed by atoms with Crippen LogP contribution in [-0.2, 0) is 0 Å². The zero-order valence-corrected chi connectivity index (χ0v) is 18.2. The third-order valence-electron chi connectivity index (χ3n) is 6.44. The summed E-state index contributed by atoms with van der Waals surface area (Å²) in [7, 11) is 0. The van der Waals surface area contributed by atoms with Crippen molar-refractivity contribution < 1.29 is 4.79 Å². The van der Waals surface area contributed by atoms with Gasteiger partial charge in [-0.25, -0.2) is 0 Å². The number of benzene rings is 3. The number of anilines is 3. The average molecular weight is 428 g/mol. The Labute approximate surface area is 189 Å². The number of hydrogen-bond acceptors (Lipinski definition) is 5. The number of para-hydroxylation sites is 2. The lowest BCUT2D eigenvalue weighted by atomic mass is 10.0. The summed E-state index contributed by atoms with van der Waals surface area (Å²) >= 11 is 0. The molecule has 3 N–H and O–H groups in total. The molecule has 0 aromatic heterocycles. The molecule has 6 nitrogen and oxygen atoms in total. The van der Waals surface area contributed by atoms with E-state index in [2.05, 4.69) is 50.3 Å². The summed E-state index contributed by atoms with van der Waals surface area (Å²) < 4.78 is 0. The van der Waals surface area contributed by atoms with Gasteiger partial charge in [0, 0.05) is 50.6 Å². The van der Waals surface area contributed by atoms with Crippen LogP contribution in [0.2, 0.25) is 0 Å². The monoisotopic (exact) mass is 427 g/mol. The minimum atomic E-state index is -0.205. The number of piperazine rings is 1. The molecular weight excluding hydrogens is 398 g/mol. The first-order valence-electron chi connectivity index (χ1n) is 11.2. The molecule has 0 bridgehead atoms. The lowest BCUT2D eigenvalue weighted by Crippen LogP contribution is -2.52. The number of hydrogen-bond donors (Lipinski definition) is 2. The lowest BCUT2D eigenvalue weighted by molar-refractivity contribution is 0.0925. The summed E-state index contributed by atoms with van der Waals surface area (Å²) in [6.45, 7) is 5.89. The van der Waals surface area contributed by atoms with Crippen LogP contribution >= 0.6 is 0 Å². The zero-order chi connectivity index (χ0) is 21.9. The number of carbonyl (C=O) groups is 1. The van der Waals surface area contributed by atoms with E-state index in [1.54, 1.807) is 0 Å². The standard InChI is InChI=1S/C26H29N5O/c27-21-12-10-20(11-13-21)25-28-26(32)23-8-4-5-9-24(23)31(25)19-16-29-14-17-30(18-15-29)22-6-2-1-3-7-22/h1-13,25H,14-19,27H2,(H,28,32). The molecule has 5 rings (SSSR count). The van der Waals surface area contributed by atoms with E-state index in [1.807, 2.05) is 48.5 Å². The van der Waals surface area contributed by atoms with Crippen molar-refractivity contribution in [3.8, 4) is 0 Å². The predicted molar refractivity (Wildman–Crippen MR) is 130 cm³/mol. The Morgan fingerprint density at radius 1 is 0.812 bits per heavy atom. The maximum absolute atomic E-state index is 12.8. The van der Waals surface area contributed by atoms with Crippen molar-refractivity contribution >= 4 is 23.0 Å². The SMILES string of the molecule is Nc1ccc(C2NC(=O)c3ccccc3N2CCN2CCN(c3ccccc3)CC2)cc1. The minimum absolute atomic E-state index is 0.0323. The van der Waals surface area contributed by atoms with E-state index < -0.39 is 0 Å². The molecule has 0 spiro atoms. The Balaban J connectivity index is 1.30. The molecule has 0 saturated carbocycles. The topological polar surface area (TPSA) is 64.8 Å². The van der Waals surface area contributed by atoms with Crippen molar-refractivity contribution in [2.75, 3.05) is 54.8 Å². The Morgan fingerprint density at radius 2 is 1.50 bits per heavy atom. The molecule has 1 atom stereocenters. The lowest BCUT2D eigenvalue weighted by Gasteiger charge is -2.41. The number of rotatable bonds is 5. The second-order valence-corrected chi connectivity index (χ2v) is 8.42. The maximum atomic E-state index is 12.8. The van der Waals surface area contributed by atoms with Crippen LogP contribution < -0.4 is 20.9 Å². The number of nitrogens with zero attached hydrogens (tertiary/aromatic N) is 3. The summed E-state index contributed by atoms with van der Waals surface area (Å²) in [4.78, 5) is 20.1. The Kier molecular flexibility index (Phi) is 5.69. The van der Waals surface area contributed by atoms with Crippen LogP contribution in [0.5, 0.6) is 0 Å². The van der Waals surface area contributed by atoms with Crippen molar-refractivity contribution in [1.82, 2.24) is 10.2 Å². The van der Waals surface area contributed by atoms with Crippen molar-refractivity contribution in [1.29, 1.82) is 0 Å². The molecule has 1 unspecified atom stereocenters. The van der Waals surface area contributed by atoms with E-state index in [9.17, 15) is 4.79 Å². The summed E-state index contributed by atoms with van der Waals surface area (Å²) in [6.07, 6.45) is -0.205. The molecule has 1 amide bonds. The van der Waals surface area contributed by atoms with Gasteiger partial charge in [-0.15, -0.1) is 0 Å². The van der Waals surface area contributed by atoms with Gasteiger partial charge in [0.15, 0.2) is 0 Å². The van der Waals surface area contributed by atoms with Gasteiger partial charge in [0.2, 0.25) is 0 Å². The smallest absolute Gasteiger partial charge is 0.255 e. The van der Waals surface area contributed by atoms with Crippen LogP contribution in [0.1, 0.15) is 22.1 Å². The molecule has 1 saturated heterocycles.